The summed E-state index contributed by atoms with van der Waals surface area (Å²) in [6.07, 6.45) is 15.1. The molecule has 0 saturated heterocycles. The van der Waals surface area contributed by atoms with Gasteiger partial charge in [-0.3, -0.25) is 9.48 Å². The molecule has 7 unspecified atom stereocenters. The number of hydrogen-bond acceptors (Lipinski definition) is 3. The number of aryl methyl sites for hydroxylation is 1. The highest BCUT2D eigenvalue weighted by Crippen LogP contribution is 2.63. The first-order chi connectivity index (χ1) is 13.8. The van der Waals surface area contributed by atoms with E-state index in [0.29, 0.717) is 24.2 Å². The minimum Gasteiger partial charge on any atom is -0.390 e. The Hall–Kier alpha value is -1.42. The molecule has 0 radical (unpaired) electrons. The molecule has 0 aliphatic heterocycles. The third-order valence-corrected chi connectivity index (χ3v) is 9.19. The highest BCUT2D eigenvalue weighted by Gasteiger charge is 2.57. The van der Waals surface area contributed by atoms with Crippen LogP contribution in [-0.2, 0) is 11.3 Å². The van der Waals surface area contributed by atoms with E-state index >= 15 is 0 Å². The van der Waals surface area contributed by atoms with Gasteiger partial charge in [0, 0.05) is 12.1 Å². The number of hydrogen-bond donors (Lipinski definition) is 1. The van der Waals surface area contributed by atoms with E-state index in [1.54, 1.807) is 0 Å². The van der Waals surface area contributed by atoms with Crippen LogP contribution < -0.4 is 0 Å². The van der Waals surface area contributed by atoms with Crippen molar-refractivity contribution in [3.05, 3.63) is 29.6 Å². The van der Waals surface area contributed by atoms with Crippen LogP contribution in [0.25, 0.3) is 0 Å². The molecule has 5 rings (SSSR count). The smallest absolute Gasteiger partial charge is 0.157 e. The summed E-state index contributed by atoms with van der Waals surface area (Å²) in [4.78, 5) is 13.2. The predicted octanol–water partition coefficient (Wildman–Crippen LogP) is 4.70. The zero-order chi connectivity index (χ0) is 20.4. The fourth-order valence-electron chi connectivity index (χ4n) is 7.82. The molecule has 3 fully saturated rings. The molecule has 4 heteroatoms. The van der Waals surface area contributed by atoms with Crippen molar-refractivity contribution in [1.29, 1.82) is 0 Å². The van der Waals surface area contributed by atoms with Crippen molar-refractivity contribution < 1.29 is 9.90 Å². The molecular weight excluding hydrogens is 360 g/mol. The lowest BCUT2D eigenvalue weighted by molar-refractivity contribution is -0.129. The first-order valence-electron chi connectivity index (χ1n) is 11.7. The molecule has 4 aliphatic rings. The number of ketones is 1. The van der Waals surface area contributed by atoms with Crippen molar-refractivity contribution in [2.24, 2.45) is 35.0 Å². The molecule has 4 aliphatic carbocycles. The molecule has 0 aromatic carbocycles. The molecule has 0 spiro atoms. The first kappa shape index (κ1) is 19.5. The highest BCUT2D eigenvalue weighted by molar-refractivity contribution is 5.82. The Kier molecular flexibility index (Phi) is 4.58. The normalized spacial score (nSPS) is 43.9. The quantitative estimate of drug-likeness (QED) is 0.754. The largest absolute Gasteiger partial charge is 0.390 e. The molecule has 4 nitrogen and oxygen atoms in total. The Morgan fingerprint density at radius 2 is 2.03 bits per heavy atom. The Labute approximate surface area is 174 Å². The first-order valence-corrected chi connectivity index (χ1v) is 11.7. The lowest BCUT2D eigenvalue weighted by Crippen LogP contribution is -2.48. The fraction of sp³-hybridized carbons (Fsp3) is 0.760. The number of allylic oxidation sites excluding steroid dienone is 1. The predicted molar refractivity (Wildman–Crippen MR) is 113 cm³/mol. The summed E-state index contributed by atoms with van der Waals surface area (Å²) in [6, 6.07) is 0. The molecule has 1 heterocycles. The van der Waals surface area contributed by atoms with Gasteiger partial charge in [0.25, 0.3) is 0 Å². The fourth-order valence-corrected chi connectivity index (χ4v) is 7.82. The van der Waals surface area contributed by atoms with E-state index in [2.05, 4.69) is 18.1 Å². The lowest BCUT2D eigenvalue weighted by Gasteiger charge is -2.54. The average molecular weight is 397 g/mol. The number of fused-ring (bicyclic) bond motifs is 5. The van der Waals surface area contributed by atoms with E-state index in [1.165, 1.54) is 24.8 Å². The van der Waals surface area contributed by atoms with Crippen molar-refractivity contribution >= 4 is 5.78 Å². The van der Waals surface area contributed by atoms with Crippen LogP contribution in [-0.4, -0.2) is 26.3 Å². The van der Waals surface area contributed by atoms with Gasteiger partial charge in [-0.1, -0.05) is 18.6 Å². The topological polar surface area (TPSA) is 55.1 Å². The Morgan fingerprint density at radius 3 is 2.79 bits per heavy atom. The Morgan fingerprint density at radius 1 is 1.21 bits per heavy atom. The van der Waals surface area contributed by atoms with Gasteiger partial charge in [0.1, 0.15) is 0 Å². The second kappa shape index (κ2) is 6.80. The molecule has 0 amide bonds. The van der Waals surface area contributed by atoms with Gasteiger partial charge in [0.15, 0.2) is 5.78 Å². The zero-order valence-corrected chi connectivity index (χ0v) is 18.2. The third kappa shape index (κ3) is 3.22. The van der Waals surface area contributed by atoms with Crippen LogP contribution in [0.15, 0.2) is 24.0 Å². The molecule has 3 saturated carbocycles. The van der Waals surface area contributed by atoms with E-state index in [9.17, 15) is 9.90 Å². The monoisotopic (exact) mass is 396 g/mol. The number of carbonyl (C=O) groups excluding carboxylic acids is 1. The van der Waals surface area contributed by atoms with Crippen molar-refractivity contribution in [3.8, 4) is 0 Å². The molecule has 7 atom stereocenters. The van der Waals surface area contributed by atoms with E-state index in [-0.39, 0.29) is 11.3 Å². The summed E-state index contributed by atoms with van der Waals surface area (Å²) >= 11 is 0. The van der Waals surface area contributed by atoms with Crippen LogP contribution in [0.2, 0.25) is 0 Å². The maximum atomic E-state index is 13.2. The number of aliphatic hydroxyl groups is 1. The van der Waals surface area contributed by atoms with Crippen LogP contribution in [0.5, 0.6) is 0 Å². The summed E-state index contributed by atoms with van der Waals surface area (Å²) < 4.78 is 1.82. The van der Waals surface area contributed by atoms with Crippen LogP contribution in [0.1, 0.15) is 70.8 Å². The van der Waals surface area contributed by atoms with Crippen LogP contribution in [0, 0.1) is 41.9 Å². The van der Waals surface area contributed by atoms with Crippen LogP contribution in [0.4, 0.5) is 0 Å². The van der Waals surface area contributed by atoms with Crippen molar-refractivity contribution in [2.45, 2.75) is 84.3 Å². The number of carbonyl (C=O) groups is 1. The molecule has 0 bridgehead atoms. The Bertz CT molecular complexity index is 838. The minimum absolute atomic E-state index is 0.159. The zero-order valence-electron chi connectivity index (χ0n) is 18.2. The third-order valence-electron chi connectivity index (χ3n) is 9.19. The molecule has 1 N–H and O–H groups in total. The number of nitrogens with zero attached hydrogens (tertiary/aromatic N) is 2. The van der Waals surface area contributed by atoms with E-state index in [1.807, 2.05) is 30.9 Å². The van der Waals surface area contributed by atoms with Gasteiger partial charge in [0.05, 0.1) is 18.3 Å². The molecular formula is C25H36N2O2. The molecule has 1 aromatic heterocycles. The van der Waals surface area contributed by atoms with Gasteiger partial charge >= 0.3 is 0 Å². The second-order valence-electron chi connectivity index (χ2n) is 11.1. The van der Waals surface area contributed by atoms with E-state index in [0.717, 1.165) is 49.5 Å². The van der Waals surface area contributed by atoms with Gasteiger partial charge in [-0.15, -0.1) is 0 Å². The lowest BCUT2D eigenvalue weighted by atomic mass is 9.51. The standard InChI is InChI=1S/C25H36N2O2/c1-16-13-26-27(14-16)15-23(28)22-7-6-21-20-5-4-17-12-24(2,29)10-8-18(17)19(20)9-11-25(21,22)3/h4,13-14,18-22,29H,5-12,15H2,1-3H3. The van der Waals surface area contributed by atoms with Gasteiger partial charge in [-0.05, 0) is 99.9 Å². The van der Waals surface area contributed by atoms with Crippen molar-refractivity contribution in [3.63, 3.8) is 0 Å². The molecule has 158 valence electrons. The second-order valence-corrected chi connectivity index (χ2v) is 11.1. The maximum Gasteiger partial charge on any atom is 0.157 e. The number of rotatable bonds is 3. The van der Waals surface area contributed by atoms with Crippen LogP contribution >= 0.6 is 0 Å². The maximum absolute atomic E-state index is 13.2. The summed E-state index contributed by atoms with van der Waals surface area (Å²) in [5.41, 5.74) is 2.30. The molecule has 1 aromatic rings. The van der Waals surface area contributed by atoms with E-state index in [4.69, 9.17) is 0 Å². The van der Waals surface area contributed by atoms with Gasteiger partial charge in [0.2, 0.25) is 0 Å². The summed E-state index contributed by atoms with van der Waals surface area (Å²) in [5.74, 6) is 3.44. The van der Waals surface area contributed by atoms with Gasteiger partial charge in [-0.25, -0.2) is 0 Å². The average Bonchev–Trinajstić information content (AvgIpc) is 3.22. The van der Waals surface area contributed by atoms with Crippen molar-refractivity contribution in [1.82, 2.24) is 9.78 Å². The highest BCUT2D eigenvalue weighted by atomic mass is 16.3. The minimum atomic E-state index is -0.506. The Balaban J connectivity index is 1.34. The van der Waals surface area contributed by atoms with E-state index < -0.39 is 5.60 Å². The van der Waals surface area contributed by atoms with Crippen molar-refractivity contribution in [2.75, 3.05) is 0 Å². The summed E-state index contributed by atoms with van der Waals surface area (Å²) in [6.45, 7) is 6.87. The summed E-state index contributed by atoms with van der Waals surface area (Å²) in [7, 11) is 0. The number of Topliss-reactive ketones (excluding diaryl/α,β-unsaturated/α-hetero) is 1. The van der Waals surface area contributed by atoms with Gasteiger partial charge in [-0.2, -0.15) is 5.10 Å². The molecule has 29 heavy (non-hydrogen) atoms. The van der Waals surface area contributed by atoms with Gasteiger partial charge < -0.3 is 5.11 Å². The SMILES string of the molecule is Cc1cnn(CC(=O)C2CCC3C4CC=C5CC(C)(O)CCC5C4CCC23C)c1. The summed E-state index contributed by atoms with van der Waals surface area (Å²) in [5, 5.41) is 14.9. The number of aromatic nitrogens is 2. The van der Waals surface area contributed by atoms with Crippen LogP contribution in [0.3, 0.4) is 0 Å².